The second-order valence-electron chi connectivity index (χ2n) is 3.16. The molecule has 1 N–H and O–H groups in total. The molecule has 1 heterocycles. The molecule has 5 nitrogen and oxygen atoms in total. The molecule has 1 aromatic rings. The van der Waals surface area contributed by atoms with Gasteiger partial charge in [0.25, 0.3) is 0 Å². The molecule has 0 aromatic carbocycles. The molecule has 0 saturated heterocycles. The summed E-state index contributed by atoms with van der Waals surface area (Å²) in [7, 11) is 0. The highest BCUT2D eigenvalue weighted by molar-refractivity contribution is 6.63. The van der Waals surface area contributed by atoms with Crippen molar-refractivity contribution < 1.29 is 9.59 Å². The van der Waals surface area contributed by atoms with E-state index in [1.54, 1.807) is 6.20 Å². The standard InChI is InChI=1S/C9H11Cl2N3O2/c10-7-4-13-14(5-7)6-9(16)12-3-1-2-8(11)15/h4-5H,1-3,6H2,(H,12,16). The molecule has 0 radical (unpaired) electrons. The summed E-state index contributed by atoms with van der Waals surface area (Å²) in [5.74, 6) is -0.179. The van der Waals surface area contributed by atoms with Gasteiger partial charge in [0.05, 0.1) is 11.2 Å². The third kappa shape index (κ3) is 5.14. The van der Waals surface area contributed by atoms with Gasteiger partial charge >= 0.3 is 0 Å². The van der Waals surface area contributed by atoms with Gasteiger partial charge in [0.1, 0.15) is 6.54 Å². The summed E-state index contributed by atoms with van der Waals surface area (Å²) in [5, 5.41) is 6.59. The van der Waals surface area contributed by atoms with E-state index in [-0.39, 0.29) is 18.9 Å². The summed E-state index contributed by atoms with van der Waals surface area (Å²) in [6.07, 6.45) is 3.81. The van der Waals surface area contributed by atoms with Crippen LogP contribution in [0, 0.1) is 0 Å². The van der Waals surface area contributed by atoms with Crippen molar-refractivity contribution >= 4 is 34.4 Å². The maximum atomic E-state index is 11.3. The Morgan fingerprint density at radius 1 is 1.50 bits per heavy atom. The Morgan fingerprint density at radius 2 is 2.25 bits per heavy atom. The van der Waals surface area contributed by atoms with Crippen LogP contribution in [0.1, 0.15) is 12.8 Å². The minimum atomic E-state index is -0.395. The normalized spacial score (nSPS) is 10.1. The first-order chi connectivity index (χ1) is 7.58. The van der Waals surface area contributed by atoms with Crippen molar-refractivity contribution in [3.8, 4) is 0 Å². The molecule has 1 rings (SSSR count). The summed E-state index contributed by atoms with van der Waals surface area (Å²) < 4.78 is 1.43. The lowest BCUT2D eigenvalue weighted by atomic mass is 10.3. The quantitative estimate of drug-likeness (QED) is 0.620. The van der Waals surface area contributed by atoms with Gasteiger partial charge in [-0.15, -0.1) is 0 Å². The van der Waals surface area contributed by atoms with Crippen molar-refractivity contribution in [1.82, 2.24) is 15.1 Å². The van der Waals surface area contributed by atoms with Crippen LogP contribution >= 0.6 is 23.2 Å². The van der Waals surface area contributed by atoms with Crippen molar-refractivity contribution in [2.75, 3.05) is 6.54 Å². The summed E-state index contributed by atoms with van der Waals surface area (Å²) in [6, 6.07) is 0. The lowest BCUT2D eigenvalue weighted by Crippen LogP contribution is -2.28. The Morgan fingerprint density at radius 3 is 2.81 bits per heavy atom. The molecule has 0 aliphatic rings. The van der Waals surface area contributed by atoms with E-state index >= 15 is 0 Å². The summed E-state index contributed by atoms with van der Waals surface area (Å²) >= 11 is 10.8. The molecule has 0 fully saturated rings. The first-order valence-electron chi connectivity index (χ1n) is 4.71. The number of amides is 1. The van der Waals surface area contributed by atoms with E-state index in [9.17, 15) is 9.59 Å². The van der Waals surface area contributed by atoms with Gasteiger partial charge in [-0.25, -0.2) is 0 Å². The smallest absolute Gasteiger partial charge is 0.241 e. The molecule has 7 heteroatoms. The molecule has 0 unspecified atom stereocenters. The van der Waals surface area contributed by atoms with E-state index in [1.165, 1.54) is 10.9 Å². The van der Waals surface area contributed by atoms with Gasteiger partial charge in [-0.2, -0.15) is 5.10 Å². The van der Waals surface area contributed by atoms with Crippen molar-refractivity contribution in [1.29, 1.82) is 0 Å². The lowest BCUT2D eigenvalue weighted by molar-refractivity contribution is -0.122. The van der Waals surface area contributed by atoms with E-state index in [1.807, 2.05) is 0 Å². The highest BCUT2D eigenvalue weighted by atomic mass is 35.5. The molecule has 1 amide bonds. The molecule has 0 aliphatic heterocycles. The lowest BCUT2D eigenvalue weighted by Gasteiger charge is -2.03. The molecule has 88 valence electrons. The van der Waals surface area contributed by atoms with Crippen molar-refractivity contribution in [2.45, 2.75) is 19.4 Å². The predicted molar refractivity (Wildman–Crippen MR) is 60.3 cm³/mol. The highest BCUT2D eigenvalue weighted by Gasteiger charge is 2.03. The third-order valence-corrected chi connectivity index (χ3v) is 2.16. The number of nitrogens with one attached hydrogen (secondary N) is 1. The zero-order valence-corrected chi connectivity index (χ0v) is 9.96. The molecule has 1 aromatic heterocycles. The number of hydrogen-bond acceptors (Lipinski definition) is 3. The summed E-state index contributed by atoms with van der Waals surface area (Å²) in [6.45, 7) is 0.536. The average molecular weight is 264 g/mol. The summed E-state index contributed by atoms with van der Waals surface area (Å²) in [5.41, 5.74) is 0. The van der Waals surface area contributed by atoms with Crippen molar-refractivity contribution in [3.05, 3.63) is 17.4 Å². The van der Waals surface area contributed by atoms with Gasteiger partial charge in [-0.1, -0.05) is 11.6 Å². The Bertz CT molecular complexity index is 379. The zero-order chi connectivity index (χ0) is 12.0. The zero-order valence-electron chi connectivity index (χ0n) is 8.45. The highest BCUT2D eigenvalue weighted by Crippen LogP contribution is 2.03. The summed E-state index contributed by atoms with van der Waals surface area (Å²) in [4.78, 5) is 21.7. The van der Waals surface area contributed by atoms with E-state index in [0.717, 1.165) is 0 Å². The minimum absolute atomic E-state index is 0.113. The molecular formula is C9H11Cl2N3O2. The number of rotatable bonds is 6. The van der Waals surface area contributed by atoms with Crippen LogP contribution < -0.4 is 5.32 Å². The van der Waals surface area contributed by atoms with Gasteiger partial charge in [-0.3, -0.25) is 14.3 Å². The SMILES string of the molecule is O=C(Cl)CCCNC(=O)Cn1cc(Cl)cn1. The van der Waals surface area contributed by atoms with Crippen LogP contribution in [0.3, 0.4) is 0 Å². The van der Waals surface area contributed by atoms with Crippen LogP contribution in [-0.4, -0.2) is 27.5 Å². The molecule has 0 spiro atoms. The van der Waals surface area contributed by atoms with E-state index in [0.29, 0.717) is 18.0 Å². The molecular weight excluding hydrogens is 253 g/mol. The van der Waals surface area contributed by atoms with Gasteiger partial charge in [0.2, 0.25) is 11.1 Å². The Kier molecular flexibility index (Phi) is 5.28. The Hall–Kier alpha value is -1.07. The Labute approximate surface area is 103 Å². The number of carbonyl (C=O) groups excluding carboxylic acids is 2. The van der Waals surface area contributed by atoms with Crippen LogP contribution in [0.2, 0.25) is 5.02 Å². The number of halogens is 2. The molecule has 0 atom stereocenters. The number of aromatic nitrogens is 2. The monoisotopic (exact) mass is 263 g/mol. The van der Waals surface area contributed by atoms with E-state index in [2.05, 4.69) is 10.4 Å². The van der Waals surface area contributed by atoms with Gasteiger partial charge in [-0.05, 0) is 18.0 Å². The van der Waals surface area contributed by atoms with E-state index < -0.39 is 5.24 Å². The fourth-order valence-electron chi connectivity index (χ4n) is 1.08. The second-order valence-corrected chi connectivity index (χ2v) is 4.02. The fourth-order valence-corrected chi connectivity index (χ4v) is 1.37. The molecule has 0 saturated carbocycles. The largest absolute Gasteiger partial charge is 0.354 e. The molecule has 0 bridgehead atoms. The van der Waals surface area contributed by atoms with Crippen molar-refractivity contribution in [2.24, 2.45) is 0 Å². The second kappa shape index (κ2) is 6.50. The van der Waals surface area contributed by atoms with Crippen molar-refractivity contribution in [3.63, 3.8) is 0 Å². The van der Waals surface area contributed by atoms with E-state index in [4.69, 9.17) is 23.2 Å². The maximum Gasteiger partial charge on any atom is 0.241 e. The number of nitrogens with zero attached hydrogens (tertiary/aromatic N) is 2. The predicted octanol–water partition coefficient (Wildman–Crippen LogP) is 1.20. The van der Waals surface area contributed by atoms with Gasteiger partial charge in [0, 0.05) is 19.2 Å². The van der Waals surface area contributed by atoms with Gasteiger partial charge < -0.3 is 5.32 Å². The van der Waals surface area contributed by atoms with Crippen LogP contribution in [-0.2, 0) is 16.1 Å². The van der Waals surface area contributed by atoms with Crippen LogP contribution in [0.25, 0.3) is 0 Å². The number of hydrogen-bond donors (Lipinski definition) is 1. The average Bonchev–Trinajstić information content (AvgIpc) is 2.58. The Balaban J connectivity index is 2.18. The molecule has 0 aliphatic carbocycles. The van der Waals surface area contributed by atoms with Crippen LogP contribution in [0.5, 0.6) is 0 Å². The first kappa shape index (κ1) is 13.0. The van der Waals surface area contributed by atoms with Gasteiger partial charge in [0.15, 0.2) is 0 Å². The maximum absolute atomic E-state index is 11.3. The van der Waals surface area contributed by atoms with Crippen LogP contribution in [0.4, 0.5) is 0 Å². The third-order valence-electron chi connectivity index (χ3n) is 1.78. The molecule has 16 heavy (non-hydrogen) atoms. The fraction of sp³-hybridized carbons (Fsp3) is 0.444. The van der Waals surface area contributed by atoms with Crippen LogP contribution in [0.15, 0.2) is 12.4 Å². The topological polar surface area (TPSA) is 64.0 Å². The first-order valence-corrected chi connectivity index (χ1v) is 5.46. The number of carbonyl (C=O) groups is 2. The minimum Gasteiger partial charge on any atom is -0.354 e.